The molecule has 0 unspecified atom stereocenters. The molecule has 2 saturated carbocycles. The van der Waals surface area contributed by atoms with Crippen LogP contribution in [0.4, 0.5) is 17.6 Å². The summed E-state index contributed by atoms with van der Waals surface area (Å²) in [6.45, 7) is 2.27. The van der Waals surface area contributed by atoms with Gasteiger partial charge in [0.25, 0.3) is 0 Å². The number of unbranched alkanes of at least 4 members (excludes halogenated alkanes) is 3. The van der Waals surface area contributed by atoms with Crippen molar-refractivity contribution in [2.45, 2.75) is 109 Å². The van der Waals surface area contributed by atoms with Crippen molar-refractivity contribution in [1.29, 1.82) is 0 Å². The Labute approximate surface area is 184 Å². The molecule has 0 saturated heterocycles. The van der Waals surface area contributed by atoms with Gasteiger partial charge in [-0.05, 0) is 79.9 Å². The van der Waals surface area contributed by atoms with Crippen LogP contribution in [0, 0.1) is 17.8 Å². The van der Waals surface area contributed by atoms with E-state index < -0.39 is 12.5 Å². The van der Waals surface area contributed by atoms with Gasteiger partial charge in [0.1, 0.15) is 5.75 Å². The fourth-order valence-electron chi connectivity index (χ4n) is 5.74. The second kappa shape index (κ2) is 11.6. The summed E-state index contributed by atoms with van der Waals surface area (Å²) < 4.78 is 54.8. The van der Waals surface area contributed by atoms with Crippen molar-refractivity contribution in [3.8, 4) is 5.75 Å². The van der Waals surface area contributed by atoms with Crippen molar-refractivity contribution in [2.75, 3.05) is 0 Å². The van der Waals surface area contributed by atoms with Crippen LogP contribution in [0.15, 0.2) is 24.3 Å². The average Bonchev–Trinajstić information content (AvgIpc) is 2.77. The molecule has 0 heterocycles. The molecule has 31 heavy (non-hydrogen) atoms. The van der Waals surface area contributed by atoms with Gasteiger partial charge in [0.15, 0.2) is 0 Å². The fourth-order valence-corrected chi connectivity index (χ4v) is 5.74. The molecule has 0 aromatic heterocycles. The van der Waals surface area contributed by atoms with E-state index in [9.17, 15) is 17.6 Å². The summed E-state index contributed by atoms with van der Waals surface area (Å²) in [7, 11) is 0. The number of hydrogen-bond acceptors (Lipinski definition) is 1. The van der Waals surface area contributed by atoms with Gasteiger partial charge in [-0.1, -0.05) is 64.0 Å². The van der Waals surface area contributed by atoms with E-state index in [0.717, 1.165) is 36.2 Å². The van der Waals surface area contributed by atoms with E-state index >= 15 is 0 Å². The molecule has 5 heteroatoms. The maximum Gasteiger partial charge on any atom is 0.461 e. The summed E-state index contributed by atoms with van der Waals surface area (Å²) in [4.78, 5) is 0. The average molecular weight is 443 g/mol. The van der Waals surface area contributed by atoms with Crippen LogP contribution in [0.3, 0.4) is 0 Å². The molecule has 2 aliphatic rings. The summed E-state index contributed by atoms with van der Waals surface area (Å²) in [5.41, 5.74) is 1.10. The van der Waals surface area contributed by atoms with Gasteiger partial charge in [-0.3, -0.25) is 0 Å². The van der Waals surface area contributed by atoms with Gasteiger partial charge in [-0.25, -0.2) is 0 Å². The van der Waals surface area contributed by atoms with Crippen LogP contribution in [0.25, 0.3) is 0 Å². The van der Waals surface area contributed by atoms with Gasteiger partial charge < -0.3 is 4.74 Å². The highest BCUT2D eigenvalue weighted by Crippen LogP contribution is 2.44. The van der Waals surface area contributed by atoms with E-state index in [4.69, 9.17) is 0 Å². The van der Waals surface area contributed by atoms with Crippen LogP contribution in [-0.4, -0.2) is 12.5 Å². The Hall–Kier alpha value is -1.26. The first-order valence-corrected chi connectivity index (χ1v) is 12.3. The first-order chi connectivity index (χ1) is 14.9. The Morgan fingerprint density at radius 3 is 1.97 bits per heavy atom. The predicted molar refractivity (Wildman–Crippen MR) is 117 cm³/mol. The zero-order valence-corrected chi connectivity index (χ0v) is 18.8. The second-order valence-electron chi connectivity index (χ2n) is 9.78. The second-order valence-corrected chi connectivity index (χ2v) is 9.78. The highest BCUT2D eigenvalue weighted by Gasteiger charge is 2.44. The number of benzene rings is 1. The SMILES string of the molecule is CCCCCC[C@H]1CC[C@H](C2CCC(c3ccc(OC(F)(F)C(F)F)cc3)CC2)CC1. The number of alkyl halides is 4. The molecule has 0 atom stereocenters. The Balaban J connectivity index is 1.40. The zero-order valence-electron chi connectivity index (χ0n) is 18.8. The number of rotatable bonds is 10. The van der Waals surface area contributed by atoms with E-state index in [-0.39, 0.29) is 5.75 Å². The molecule has 0 radical (unpaired) electrons. The third-order valence-electron chi connectivity index (χ3n) is 7.66. The molecule has 0 aliphatic heterocycles. The maximum atomic E-state index is 13.1. The highest BCUT2D eigenvalue weighted by atomic mass is 19.3. The summed E-state index contributed by atoms with van der Waals surface area (Å²) in [6, 6.07) is 6.29. The van der Waals surface area contributed by atoms with Gasteiger partial charge in [0.2, 0.25) is 0 Å². The van der Waals surface area contributed by atoms with Crippen molar-refractivity contribution in [3.05, 3.63) is 29.8 Å². The Morgan fingerprint density at radius 1 is 0.839 bits per heavy atom. The van der Waals surface area contributed by atoms with Crippen molar-refractivity contribution in [1.82, 2.24) is 0 Å². The van der Waals surface area contributed by atoms with E-state index in [1.165, 1.54) is 82.8 Å². The lowest BCUT2D eigenvalue weighted by Crippen LogP contribution is -2.33. The summed E-state index contributed by atoms with van der Waals surface area (Å²) in [6.07, 6.45) is 8.90. The molecule has 1 aromatic rings. The molecular formula is C26H38F4O. The smallest absolute Gasteiger partial charge is 0.428 e. The van der Waals surface area contributed by atoms with Crippen molar-refractivity contribution in [3.63, 3.8) is 0 Å². The minimum atomic E-state index is -4.45. The van der Waals surface area contributed by atoms with Crippen molar-refractivity contribution >= 4 is 0 Å². The molecule has 1 nitrogen and oxygen atoms in total. The van der Waals surface area contributed by atoms with Crippen LogP contribution in [0.2, 0.25) is 0 Å². The fraction of sp³-hybridized carbons (Fsp3) is 0.769. The van der Waals surface area contributed by atoms with Gasteiger partial charge >= 0.3 is 12.5 Å². The first kappa shape index (κ1) is 24.4. The normalized spacial score (nSPS) is 27.4. The zero-order chi connectivity index (χ0) is 22.3. The van der Waals surface area contributed by atoms with E-state index in [2.05, 4.69) is 11.7 Å². The van der Waals surface area contributed by atoms with E-state index in [0.29, 0.717) is 5.92 Å². The lowest BCUT2D eigenvalue weighted by atomic mass is 9.68. The molecule has 0 amide bonds. The third-order valence-corrected chi connectivity index (χ3v) is 7.66. The van der Waals surface area contributed by atoms with Crippen LogP contribution in [0.1, 0.15) is 102 Å². The lowest BCUT2D eigenvalue weighted by molar-refractivity contribution is -0.253. The largest absolute Gasteiger partial charge is 0.461 e. The summed E-state index contributed by atoms with van der Waals surface area (Å²) in [5, 5.41) is 0. The Bertz CT molecular complexity index is 629. The lowest BCUT2D eigenvalue weighted by Gasteiger charge is -2.38. The Kier molecular flexibility index (Phi) is 9.09. The molecule has 2 aliphatic carbocycles. The maximum absolute atomic E-state index is 13.1. The third kappa shape index (κ3) is 7.12. The number of ether oxygens (including phenoxy) is 1. The number of hydrogen-bond donors (Lipinski definition) is 0. The quantitative estimate of drug-likeness (QED) is 0.259. The topological polar surface area (TPSA) is 9.23 Å². The molecule has 176 valence electrons. The van der Waals surface area contributed by atoms with Crippen LogP contribution in [-0.2, 0) is 0 Å². The first-order valence-electron chi connectivity index (χ1n) is 12.3. The van der Waals surface area contributed by atoms with Crippen LogP contribution < -0.4 is 4.74 Å². The van der Waals surface area contributed by atoms with Crippen LogP contribution >= 0.6 is 0 Å². The van der Waals surface area contributed by atoms with E-state index in [1.54, 1.807) is 12.1 Å². The van der Waals surface area contributed by atoms with Gasteiger partial charge in [0.05, 0.1) is 0 Å². The molecule has 3 rings (SSSR count). The number of halogens is 4. The minimum absolute atomic E-state index is 0.214. The molecule has 2 fully saturated rings. The van der Waals surface area contributed by atoms with E-state index in [1.807, 2.05) is 0 Å². The highest BCUT2D eigenvalue weighted by molar-refractivity contribution is 5.30. The summed E-state index contributed by atoms with van der Waals surface area (Å²) in [5.74, 6) is 2.86. The summed E-state index contributed by atoms with van der Waals surface area (Å²) >= 11 is 0. The monoisotopic (exact) mass is 442 g/mol. The molecule has 0 spiro atoms. The van der Waals surface area contributed by atoms with Gasteiger partial charge in [-0.15, -0.1) is 0 Å². The van der Waals surface area contributed by atoms with Gasteiger partial charge in [0, 0.05) is 0 Å². The predicted octanol–water partition coefficient (Wildman–Crippen LogP) is 8.97. The Morgan fingerprint density at radius 2 is 1.42 bits per heavy atom. The van der Waals surface area contributed by atoms with Gasteiger partial charge in [-0.2, -0.15) is 17.6 Å². The van der Waals surface area contributed by atoms with Crippen molar-refractivity contribution in [2.24, 2.45) is 17.8 Å². The molecular weight excluding hydrogens is 404 g/mol. The van der Waals surface area contributed by atoms with Crippen molar-refractivity contribution < 1.29 is 22.3 Å². The molecule has 1 aromatic carbocycles. The minimum Gasteiger partial charge on any atom is -0.428 e. The molecule has 0 bridgehead atoms. The standard InChI is InChI=1S/C26H38F4O/c1-2-3-4-5-6-19-7-9-20(10-8-19)21-11-13-22(14-12-21)23-15-17-24(18-16-23)31-26(29,30)25(27)28/h15-22,25H,2-14H2,1H3/t19-,20-,21?,22?. The van der Waals surface area contributed by atoms with Crippen LogP contribution in [0.5, 0.6) is 5.75 Å². The molecule has 0 N–H and O–H groups in total.